The molecule has 1 N–H and O–H groups in total. The first-order valence-electron chi connectivity index (χ1n) is 6.19. The molecule has 4 heteroatoms. The summed E-state index contributed by atoms with van der Waals surface area (Å²) in [5.74, 6) is 2.01. The highest BCUT2D eigenvalue weighted by atomic mass is 79.9. The normalized spacial score (nSPS) is 25.1. The predicted molar refractivity (Wildman–Crippen MR) is 80.5 cm³/mol. The van der Waals surface area contributed by atoms with Gasteiger partial charge in [-0.05, 0) is 49.3 Å². The van der Waals surface area contributed by atoms with Crippen molar-refractivity contribution in [2.24, 2.45) is 0 Å². The highest BCUT2D eigenvalue weighted by molar-refractivity contribution is 9.10. The highest BCUT2D eigenvalue weighted by Crippen LogP contribution is 2.42. The molecule has 0 aromatic heterocycles. The minimum Gasteiger partial charge on any atom is -0.496 e. The quantitative estimate of drug-likeness (QED) is 0.913. The first kappa shape index (κ1) is 14.2. The lowest BCUT2D eigenvalue weighted by Crippen LogP contribution is -2.35. The molecule has 0 spiro atoms. The SMILES string of the molecule is COc1ccc(Br)cc1CC(O)C1(C)CCCS1. The van der Waals surface area contributed by atoms with E-state index in [9.17, 15) is 5.11 Å². The van der Waals surface area contributed by atoms with Crippen molar-refractivity contribution in [2.45, 2.75) is 37.0 Å². The van der Waals surface area contributed by atoms with E-state index in [0.717, 1.165) is 28.0 Å². The number of methoxy groups -OCH3 is 1. The van der Waals surface area contributed by atoms with E-state index in [2.05, 4.69) is 22.9 Å². The van der Waals surface area contributed by atoms with Crippen molar-refractivity contribution in [1.29, 1.82) is 0 Å². The van der Waals surface area contributed by atoms with Crippen LogP contribution in [0, 0.1) is 0 Å². The summed E-state index contributed by atoms with van der Waals surface area (Å²) in [6, 6.07) is 5.93. The fraction of sp³-hybridized carbons (Fsp3) is 0.571. The van der Waals surface area contributed by atoms with E-state index >= 15 is 0 Å². The minimum absolute atomic E-state index is 0.00662. The van der Waals surface area contributed by atoms with Crippen LogP contribution >= 0.6 is 27.7 Å². The van der Waals surface area contributed by atoms with Crippen LogP contribution in [-0.2, 0) is 6.42 Å². The maximum absolute atomic E-state index is 10.5. The van der Waals surface area contributed by atoms with Gasteiger partial charge in [-0.3, -0.25) is 0 Å². The number of benzene rings is 1. The summed E-state index contributed by atoms with van der Waals surface area (Å²) in [5.41, 5.74) is 1.06. The van der Waals surface area contributed by atoms with Crippen LogP contribution in [-0.4, -0.2) is 28.8 Å². The van der Waals surface area contributed by atoms with Crippen molar-refractivity contribution >= 4 is 27.7 Å². The summed E-state index contributed by atoms with van der Waals surface area (Å²) in [6.07, 6.45) is 2.61. The summed E-state index contributed by atoms with van der Waals surface area (Å²) in [6.45, 7) is 2.17. The van der Waals surface area contributed by atoms with Crippen LogP contribution in [0.25, 0.3) is 0 Å². The largest absolute Gasteiger partial charge is 0.496 e. The van der Waals surface area contributed by atoms with Crippen LogP contribution in [0.5, 0.6) is 5.75 Å². The van der Waals surface area contributed by atoms with Crippen LogP contribution in [0.15, 0.2) is 22.7 Å². The Hall–Kier alpha value is -0.190. The van der Waals surface area contributed by atoms with Gasteiger partial charge in [-0.2, -0.15) is 11.8 Å². The van der Waals surface area contributed by atoms with Gasteiger partial charge in [0.15, 0.2) is 0 Å². The molecule has 1 aromatic rings. The number of thioether (sulfide) groups is 1. The molecular weight excluding hydrogens is 312 g/mol. The van der Waals surface area contributed by atoms with Crippen LogP contribution in [0.1, 0.15) is 25.3 Å². The Balaban J connectivity index is 2.15. The van der Waals surface area contributed by atoms with Crippen molar-refractivity contribution in [2.75, 3.05) is 12.9 Å². The van der Waals surface area contributed by atoms with Gasteiger partial charge in [-0.15, -0.1) is 0 Å². The van der Waals surface area contributed by atoms with Gasteiger partial charge in [-0.25, -0.2) is 0 Å². The molecule has 2 unspecified atom stereocenters. The first-order chi connectivity index (χ1) is 8.55. The second kappa shape index (κ2) is 5.85. The van der Waals surface area contributed by atoms with Crippen molar-refractivity contribution < 1.29 is 9.84 Å². The minimum atomic E-state index is -0.326. The van der Waals surface area contributed by atoms with Crippen LogP contribution in [0.4, 0.5) is 0 Å². The van der Waals surface area contributed by atoms with E-state index in [1.165, 1.54) is 6.42 Å². The lowest BCUT2D eigenvalue weighted by atomic mass is 9.93. The van der Waals surface area contributed by atoms with Crippen molar-refractivity contribution in [3.05, 3.63) is 28.2 Å². The monoisotopic (exact) mass is 330 g/mol. The third kappa shape index (κ3) is 3.03. The molecule has 0 bridgehead atoms. The Kier molecular flexibility index (Phi) is 4.62. The summed E-state index contributed by atoms with van der Waals surface area (Å²) < 4.78 is 6.37. The zero-order chi connectivity index (χ0) is 13.2. The summed E-state index contributed by atoms with van der Waals surface area (Å²) in [7, 11) is 1.67. The van der Waals surface area contributed by atoms with Crippen molar-refractivity contribution in [3.63, 3.8) is 0 Å². The van der Waals surface area contributed by atoms with Gasteiger partial charge in [0.1, 0.15) is 5.75 Å². The van der Waals surface area contributed by atoms with Gasteiger partial charge in [0.2, 0.25) is 0 Å². The van der Waals surface area contributed by atoms with E-state index in [1.54, 1.807) is 7.11 Å². The molecule has 0 aliphatic carbocycles. The Labute approximate surface area is 121 Å². The Morgan fingerprint density at radius 1 is 1.56 bits per heavy atom. The molecule has 1 aliphatic heterocycles. The predicted octanol–water partition coefficient (Wildman–Crippen LogP) is 3.65. The molecule has 2 nitrogen and oxygen atoms in total. The maximum atomic E-state index is 10.5. The van der Waals surface area contributed by atoms with E-state index in [1.807, 2.05) is 30.0 Å². The van der Waals surface area contributed by atoms with Gasteiger partial charge in [-0.1, -0.05) is 15.9 Å². The first-order valence-corrected chi connectivity index (χ1v) is 7.97. The number of aliphatic hydroxyl groups is 1. The molecule has 100 valence electrons. The average Bonchev–Trinajstić information content (AvgIpc) is 2.78. The van der Waals surface area contributed by atoms with E-state index in [0.29, 0.717) is 6.42 Å². The fourth-order valence-corrected chi connectivity index (χ4v) is 4.12. The molecule has 1 aliphatic rings. The smallest absolute Gasteiger partial charge is 0.122 e. The summed E-state index contributed by atoms with van der Waals surface area (Å²) in [5, 5.41) is 10.5. The molecule has 2 atom stereocenters. The van der Waals surface area contributed by atoms with E-state index in [4.69, 9.17) is 4.74 Å². The number of rotatable bonds is 4. The van der Waals surface area contributed by atoms with E-state index in [-0.39, 0.29) is 10.9 Å². The summed E-state index contributed by atoms with van der Waals surface area (Å²) in [4.78, 5) is 0. The topological polar surface area (TPSA) is 29.5 Å². The number of ether oxygens (including phenoxy) is 1. The standard InChI is InChI=1S/C14H19BrO2S/c1-14(6-3-7-18-14)13(16)9-10-8-11(15)4-5-12(10)17-2/h4-5,8,13,16H,3,6-7,9H2,1-2H3. The Morgan fingerprint density at radius 2 is 2.33 bits per heavy atom. The van der Waals surface area contributed by atoms with Crippen molar-refractivity contribution in [1.82, 2.24) is 0 Å². The number of hydrogen-bond acceptors (Lipinski definition) is 3. The molecule has 0 radical (unpaired) electrons. The molecule has 0 saturated carbocycles. The van der Waals surface area contributed by atoms with Gasteiger partial charge in [0.25, 0.3) is 0 Å². The second-order valence-electron chi connectivity index (χ2n) is 4.94. The lowest BCUT2D eigenvalue weighted by Gasteiger charge is -2.29. The zero-order valence-corrected chi connectivity index (χ0v) is 13.2. The number of aliphatic hydroxyl groups excluding tert-OH is 1. The molecule has 18 heavy (non-hydrogen) atoms. The van der Waals surface area contributed by atoms with Gasteiger partial charge < -0.3 is 9.84 Å². The number of hydrogen-bond donors (Lipinski definition) is 1. The van der Waals surface area contributed by atoms with Crippen LogP contribution in [0.3, 0.4) is 0 Å². The molecule has 1 saturated heterocycles. The van der Waals surface area contributed by atoms with Crippen LogP contribution < -0.4 is 4.74 Å². The van der Waals surface area contributed by atoms with Gasteiger partial charge in [0, 0.05) is 15.6 Å². The Morgan fingerprint density at radius 3 is 2.94 bits per heavy atom. The highest BCUT2D eigenvalue weighted by Gasteiger charge is 2.37. The lowest BCUT2D eigenvalue weighted by molar-refractivity contribution is 0.132. The molecule has 1 heterocycles. The maximum Gasteiger partial charge on any atom is 0.122 e. The van der Waals surface area contributed by atoms with Gasteiger partial charge >= 0.3 is 0 Å². The second-order valence-corrected chi connectivity index (χ2v) is 7.49. The number of halogens is 1. The zero-order valence-electron chi connectivity index (χ0n) is 10.8. The Bertz CT molecular complexity index is 416. The van der Waals surface area contributed by atoms with Crippen molar-refractivity contribution in [3.8, 4) is 5.75 Å². The third-order valence-electron chi connectivity index (χ3n) is 3.61. The van der Waals surface area contributed by atoms with Gasteiger partial charge in [0.05, 0.1) is 13.2 Å². The fourth-order valence-electron chi connectivity index (χ4n) is 2.39. The average molecular weight is 331 g/mol. The third-order valence-corrected chi connectivity index (χ3v) is 5.73. The van der Waals surface area contributed by atoms with E-state index < -0.39 is 0 Å². The molecular formula is C14H19BrO2S. The molecule has 0 amide bonds. The summed E-state index contributed by atoms with van der Waals surface area (Å²) >= 11 is 5.36. The molecule has 1 aromatic carbocycles. The molecule has 2 rings (SSSR count). The molecule has 1 fully saturated rings. The van der Waals surface area contributed by atoms with Crippen LogP contribution in [0.2, 0.25) is 0 Å².